The van der Waals surface area contributed by atoms with Gasteiger partial charge in [0.05, 0.1) is 10.5 Å². The summed E-state index contributed by atoms with van der Waals surface area (Å²) in [5, 5.41) is 6.68. The molecular formula is C14H18Cl2N4O. The van der Waals surface area contributed by atoms with Gasteiger partial charge in [0.15, 0.2) is 0 Å². The van der Waals surface area contributed by atoms with E-state index in [9.17, 15) is 4.79 Å². The summed E-state index contributed by atoms with van der Waals surface area (Å²) in [5.74, 6) is 1.07. The highest BCUT2D eigenvalue weighted by Gasteiger charge is 2.16. The Kier molecular flexibility index (Phi) is 5.45. The highest BCUT2D eigenvalue weighted by atomic mass is 35.5. The fourth-order valence-corrected chi connectivity index (χ4v) is 2.76. The molecule has 1 aliphatic heterocycles. The van der Waals surface area contributed by atoms with E-state index in [1.54, 1.807) is 6.07 Å². The molecule has 1 unspecified atom stereocenters. The predicted molar refractivity (Wildman–Crippen MR) is 87.2 cm³/mol. The molecule has 2 heterocycles. The Bertz CT molecular complexity index is 622. The van der Waals surface area contributed by atoms with E-state index in [1.165, 1.54) is 0 Å². The minimum Gasteiger partial charge on any atom is -0.324 e. The molecule has 1 aliphatic rings. The molecule has 0 saturated carbocycles. The van der Waals surface area contributed by atoms with Crippen LogP contribution >= 0.6 is 24.0 Å². The number of halogens is 2. The maximum absolute atomic E-state index is 11.9. The molecule has 1 saturated heterocycles. The molecule has 21 heavy (non-hydrogen) atoms. The number of fused-ring (bicyclic) bond motifs is 1. The molecule has 1 aromatic heterocycles. The molecule has 1 atom stereocenters. The van der Waals surface area contributed by atoms with Gasteiger partial charge < -0.3 is 10.3 Å². The van der Waals surface area contributed by atoms with Crippen LogP contribution in [0.15, 0.2) is 18.2 Å². The van der Waals surface area contributed by atoms with Crippen LogP contribution in [0.1, 0.15) is 19.3 Å². The number of para-hydroxylation sites is 1. The summed E-state index contributed by atoms with van der Waals surface area (Å²) in [6.07, 6.45) is 2.60. The molecule has 114 valence electrons. The molecule has 0 radical (unpaired) electrons. The van der Waals surface area contributed by atoms with E-state index in [4.69, 9.17) is 11.6 Å². The molecule has 7 heteroatoms. The molecule has 3 N–H and O–H groups in total. The van der Waals surface area contributed by atoms with E-state index in [1.807, 2.05) is 12.1 Å². The zero-order valence-electron chi connectivity index (χ0n) is 11.5. The number of H-pyrrole nitrogens is 1. The van der Waals surface area contributed by atoms with Crippen LogP contribution in [0.2, 0.25) is 5.02 Å². The number of aromatic nitrogens is 2. The topological polar surface area (TPSA) is 69.8 Å². The number of amides is 1. The number of anilines is 1. The van der Waals surface area contributed by atoms with E-state index >= 15 is 0 Å². The summed E-state index contributed by atoms with van der Waals surface area (Å²) < 4.78 is 0. The fraction of sp³-hybridized carbons (Fsp3) is 0.429. The van der Waals surface area contributed by atoms with Crippen LogP contribution in [0.5, 0.6) is 0 Å². The number of benzene rings is 1. The van der Waals surface area contributed by atoms with Crippen molar-refractivity contribution in [2.45, 2.75) is 19.3 Å². The average Bonchev–Trinajstić information content (AvgIpc) is 3.05. The summed E-state index contributed by atoms with van der Waals surface area (Å²) in [4.78, 5) is 19.3. The van der Waals surface area contributed by atoms with Crippen molar-refractivity contribution in [3.8, 4) is 0 Å². The van der Waals surface area contributed by atoms with Crippen LogP contribution < -0.4 is 10.6 Å². The zero-order valence-corrected chi connectivity index (χ0v) is 13.1. The molecule has 5 nitrogen and oxygen atoms in total. The molecule has 0 spiro atoms. The van der Waals surface area contributed by atoms with Gasteiger partial charge in [0.25, 0.3) is 0 Å². The highest BCUT2D eigenvalue weighted by Crippen LogP contribution is 2.22. The number of aromatic amines is 1. The first-order valence-electron chi connectivity index (χ1n) is 6.87. The second-order valence-electron chi connectivity index (χ2n) is 5.17. The zero-order chi connectivity index (χ0) is 13.9. The van der Waals surface area contributed by atoms with Gasteiger partial charge in [-0.1, -0.05) is 17.7 Å². The van der Waals surface area contributed by atoms with E-state index in [2.05, 4.69) is 20.6 Å². The molecule has 3 rings (SSSR count). The Balaban J connectivity index is 0.00000161. The van der Waals surface area contributed by atoms with Crippen LogP contribution in [-0.4, -0.2) is 29.0 Å². The van der Waals surface area contributed by atoms with E-state index in [0.717, 1.165) is 31.4 Å². The first-order valence-corrected chi connectivity index (χ1v) is 7.25. The van der Waals surface area contributed by atoms with Gasteiger partial charge in [-0.15, -0.1) is 12.4 Å². The number of hydrogen-bond acceptors (Lipinski definition) is 3. The Hall–Kier alpha value is -1.30. The minimum atomic E-state index is -0.00733. The monoisotopic (exact) mass is 328 g/mol. The Morgan fingerprint density at radius 3 is 3.05 bits per heavy atom. The van der Waals surface area contributed by atoms with Gasteiger partial charge in [-0.3, -0.25) is 10.1 Å². The second-order valence-corrected chi connectivity index (χ2v) is 5.57. The molecule has 1 aromatic carbocycles. The van der Waals surface area contributed by atoms with Crippen molar-refractivity contribution in [1.29, 1.82) is 0 Å². The molecular weight excluding hydrogens is 311 g/mol. The number of hydrogen-bond donors (Lipinski definition) is 3. The summed E-state index contributed by atoms with van der Waals surface area (Å²) in [5.41, 5.74) is 1.51. The van der Waals surface area contributed by atoms with Crippen molar-refractivity contribution in [2.75, 3.05) is 18.4 Å². The maximum atomic E-state index is 11.9. The molecule has 0 aliphatic carbocycles. The standard InChI is InChI=1S/C14H17ClN4O.ClH/c15-10-2-1-3-11-13(10)19-14(17-11)18-12(20)5-4-9-6-7-16-8-9;/h1-3,9,16H,4-8H2,(H2,17,18,19,20);1H. The number of nitrogens with zero attached hydrogens (tertiary/aromatic N) is 1. The quantitative estimate of drug-likeness (QED) is 0.808. The predicted octanol–water partition coefficient (Wildman–Crippen LogP) is 2.97. The number of carbonyl (C=O) groups excluding carboxylic acids is 1. The summed E-state index contributed by atoms with van der Waals surface area (Å²) in [6.45, 7) is 2.09. The van der Waals surface area contributed by atoms with Crippen LogP contribution in [0, 0.1) is 5.92 Å². The smallest absolute Gasteiger partial charge is 0.226 e. The van der Waals surface area contributed by atoms with E-state index in [-0.39, 0.29) is 18.3 Å². The third-order valence-corrected chi connectivity index (χ3v) is 3.97. The third-order valence-electron chi connectivity index (χ3n) is 3.66. The number of carbonyl (C=O) groups is 1. The Morgan fingerprint density at radius 2 is 2.33 bits per heavy atom. The number of nitrogens with one attached hydrogen (secondary N) is 3. The van der Waals surface area contributed by atoms with Crippen LogP contribution in [0.4, 0.5) is 5.95 Å². The Morgan fingerprint density at radius 1 is 1.48 bits per heavy atom. The van der Waals surface area contributed by atoms with Crippen molar-refractivity contribution in [2.24, 2.45) is 5.92 Å². The fourth-order valence-electron chi connectivity index (χ4n) is 2.55. The normalized spacial score (nSPS) is 17.7. The van der Waals surface area contributed by atoms with Crippen molar-refractivity contribution < 1.29 is 4.79 Å². The number of rotatable bonds is 4. The van der Waals surface area contributed by atoms with Crippen LogP contribution in [0.3, 0.4) is 0 Å². The van der Waals surface area contributed by atoms with Crippen molar-refractivity contribution in [1.82, 2.24) is 15.3 Å². The van der Waals surface area contributed by atoms with E-state index < -0.39 is 0 Å². The van der Waals surface area contributed by atoms with Gasteiger partial charge >= 0.3 is 0 Å². The van der Waals surface area contributed by atoms with Gasteiger partial charge in [0, 0.05) is 6.42 Å². The lowest BCUT2D eigenvalue weighted by Crippen LogP contribution is -2.15. The van der Waals surface area contributed by atoms with Crippen molar-refractivity contribution in [3.05, 3.63) is 23.2 Å². The average molecular weight is 329 g/mol. The summed E-state index contributed by atoms with van der Waals surface area (Å²) >= 11 is 6.05. The first kappa shape index (κ1) is 16.1. The maximum Gasteiger partial charge on any atom is 0.226 e. The summed E-state index contributed by atoms with van der Waals surface area (Å²) in [6, 6.07) is 5.51. The molecule has 1 amide bonds. The second kappa shape index (κ2) is 7.11. The Labute approximate surface area is 134 Å². The largest absolute Gasteiger partial charge is 0.324 e. The van der Waals surface area contributed by atoms with Crippen LogP contribution in [-0.2, 0) is 4.79 Å². The first-order chi connectivity index (χ1) is 9.72. The third kappa shape index (κ3) is 3.87. The van der Waals surface area contributed by atoms with E-state index in [0.29, 0.717) is 28.8 Å². The summed E-state index contributed by atoms with van der Waals surface area (Å²) in [7, 11) is 0. The van der Waals surface area contributed by atoms with Gasteiger partial charge in [-0.05, 0) is 44.0 Å². The van der Waals surface area contributed by atoms with Gasteiger partial charge in [0.1, 0.15) is 5.52 Å². The molecule has 0 bridgehead atoms. The minimum absolute atomic E-state index is 0. The lowest BCUT2D eigenvalue weighted by Gasteiger charge is -2.07. The van der Waals surface area contributed by atoms with Gasteiger partial charge in [0.2, 0.25) is 11.9 Å². The van der Waals surface area contributed by atoms with Gasteiger partial charge in [-0.2, -0.15) is 0 Å². The lowest BCUT2D eigenvalue weighted by molar-refractivity contribution is -0.116. The SMILES string of the molecule is Cl.O=C(CCC1CCNC1)Nc1nc2c(Cl)cccc2[nH]1. The highest BCUT2D eigenvalue weighted by molar-refractivity contribution is 6.35. The van der Waals surface area contributed by atoms with Crippen molar-refractivity contribution in [3.63, 3.8) is 0 Å². The molecule has 2 aromatic rings. The van der Waals surface area contributed by atoms with Gasteiger partial charge in [-0.25, -0.2) is 4.98 Å². The van der Waals surface area contributed by atoms with Crippen LogP contribution in [0.25, 0.3) is 11.0 Å². The lowest BCUT2D eigenvalue weighted by atomic mass is 10.0. The molecule has 1 fully saturated rings. The number of imidazole rings is 1. The van der Waals surface area contributed by atoms with Crippen molar-refractivity contribution >= 4 is 46.9 Å².